The first kappa shape index (κ1) is 15.0. The minimum Gasteiger partial charge on any atom is -0.383 e. The fourth-order valence-electron chi connectivity index (χ4n) is 2.52. The normalized spacial score (nSPS) is 22.8. The molecule has 0 saturated carbocycles. The first-order valence-electron chi connectivity index (χ1n) is 6.93. The molecule has 1 aliphatic heterocycles. The average Bonchev–Trinajstić information content (AvgIpc) is 3.05. The van der Waals surface area contributed by atoms with E-state index in [1.807, 2.05) is 9.47 Å². The summed E-state index contributed by atoms with van der Waals surface area (Å²) in [6, 6.07) is 0.353. The van der Waals surface area contributed by atoms with E-state index in [4.69, 9.17) is 9.47 Å². The molecule has 0 radical (unpaired) electrons. The van der Waals surface area contributed by atoms with Gasteiger partial charge in [-0.25, -0.2) is 4.98 Å². The lowest BCUT2D eigenvalue weighted by molar-refractivity contribution is 0.0607. The summed E-state index contributed by atoms with van der Waals surface area (Å²) in [7, 11) is 3.33. The second-order valence-electron chi connectivity index (χ2n) is 5.46. The lowest BCUT2D eigenvalue weighted by Crippen LogP contribution is -2.38. The third-order valence-electron chi connectivity index (χ3n) is 3.75. The standard InChI is InChI=1S/C14H23N3O3/c1-10(2)16-7-13(15-9-16)14(18)17-6-12(20-4)5-11(17)8-19-3/h7,9-12H,5-6,8H2,1-4H3/t11-,12-/m0/s1. The zero-order chi connectivity index (χ0) is 14.7. The quantitative estimate of drug-likeness (QED) is 0.817. The molecule has 1 amide bonds. The Labute approximate surface area is 119 Å². The van der Waals surface area contributed by atoms with Crippen LogP contribution in [0.5, 0.6) is 0 Å². The molecule has 0 unspecified atom stereocenters. The van der Waals surface area contributed by atoms with Gasteiger partial charge in [-0.3, -0.25) is 4.79 Å². The molecule has 2 rings (SSSR count). The molecule has 1 fully saturated rings. The number of hydrogen-bond donors (Lipinski definition) is 0. The third-order valence-corrected chi connectivity index (χ3v) is 3.75. The number of methoxy groups -OCH3 is 2. The van der Waals surface area contributed by atoms with Gasteiger partial charge in [-0.2, -0.15) is 0 Å². The van der Waals surface area contributed by atoms with Crippen molar-refractivity contribution in [1.82, 2.24) is 14.5 Å². The Bertz CT molecular complexity index is 458. The van der Waals surface area contributed by atoms with E-state index < -0.39 is 0 Å². The summed E-state index contributed by atoms with van der Waals surface area (Å²) in [6.45, 7) is 5.23. The van der Waals surface area contributed by atoms with E-state index in [2.05, 4.69) is 18.8 Å². The van der Waals surface area contributed by atoms with Crippen LogP contribution >= 0.6 is 0 Å². The minimum absolute atomic E-state index is 0.0500. The Hall–Kier alpha value is -1.40. The Morgan fingerprint density at radius 2 is 2.25 bits per heavy atom. The molecule has 2 atom stereocenters. The van der Waals surface area contributed by atoms with Crippen molar-refractivity contribution in [3.8, 4) is 0 Å². The first-order chi connectivity index (χ1) is 9.56. The molecule has 6 heteroatoms. The molecule has 2 heterocycles. The number of hydrogen-bond acceptors (Lipinski definition) is 4. The van der Waals surface area contributed by atoms with Gasteiger partial charge in [0, 0.05) is 33.0 Å². The number of aromatic nitrogens is 2. The van der Waals surface area contributed by atoms with Gasteiger partial charge in [0.05, 0.1) is 25.1 Å². The Morgan fingerprint density at radius 1 is 1.50 bits per heavy atom. The predicted octanol–water partition coefficient (Wildman–Crippen LogP) is 1.34. The molecule has 0 aliphatic carbocycles. The molecule has 0 aromatic carbocycles. The van der Waals surface area contributed by atoms with Gasteiger partial charge in [-0.1, -0.05) is 0 Å². The fourth-order valence-corrected chi connectivity index (χ4v) is 2.52. The number of nitrogens with zero attached hydrogens (tertiary/aromatic N) is 3. The Balaban J connectivity index is 2.13. The van der Waals surface area contributed by atoms with Gasteiger partial charge in [-0.15, -0.1) is 0 Å². The van der Waals surface area contributed by atoms with Crippen LogP contribution in [0.15, 0.2) is 12.5 Å². The van der Waals surface area contributed by atoms with Gasteiger partial charge in [-0.05, 0) is 20.3 Å². The summed E-state index contributed by atoms with van der Waals surface area (Å²) in [5, 5.41) is 0. The van der Waals surface area contributed by atoms with Crippen LogP contribution in [-0.4, -0.2) is 59.9 Å². The molecule has 1 aliphatic rings. The van der Waals surface area contributed by atoms with E-state index in [-0.39, 0.29) is 18.1 Å². The van der Waals surface area contributed by atoms with Gasteiger partial charge in [0.2, 0.25) is 0 Å². The number of carbonyl (C=O) groups excluding carboxylic acids is 1. The summed E-state index contributed by atoms with van der Waals surface area (Å²) in [5.74, 6) is -0.0500. The number of rotatable bonds is 5. The SMILES string of the molecule is COC[C@@H]1C[C@H](OC)CN1C(=O)c1cn(C(C)C)cn1. The Kier molecular flexibility index (Phi) is 4.77. The van der Waals surface area contributed by atoms with Gasteiger partial charge in [0.15, 0.2) is 0 Å². The maximum absolute atomic E-state index is 12.6. The second kappa shape index (κ2) is 6.37. The summed E-state index contributed by atoms with van der Waals surface area (Å²) in [5.41, 5.74) is 0.483. The van der Waals surface area contributed by atoms with Crippen molar-refractivity contribution in [1.29, 1.82) is 0 Å². The highest BCUT2D eigenvalue weighted by atomic mass is 16.5. The zero-order valence-electron chi connectivity index (χ0n) is 12.6. The van der Waals surface area contributed by atoms with Crippen LogP contribution in [0.1, 0.15) is 36.8 Å². The third kappa shape index (κ3) is 3.02. The molecule has 112 valence electrons. The molecular formula is C14H23N3O3. The van der Waals surface area contributed by atoms with Crippen LogP contribution in [0.4, 0.5) is 0 Å². The molecule has 1 aromatic rings. The van der Waals surface area contributed by atoms with E-state index in [0.29, 0.717) is 24.9 Å². The summed E-state index contributed by atoms with van der Waals surface area (Å²) in [6.07, 6.45) is 4.39. The van der Waals surface area contributed by atoms with E-state index in [1.165, 1.54) is 0 Å². The molecule has 0 bridgehead atoms. The second-order valence-corrected chi connectivity index (χ2v) is 5.46. The average molecular weight is 281 g/mol. The van der Waals surface area contributed by atoms with Crippen molar-refractivity contribution in [3.05, 3.63) is 18.2 Å². The first-order valence-corrected chi connectivity index (χ1v) is 6.93. The van der Waals surface area contributed by atoms with Crippen LogP contribution < -0.4 is 0 Å². The van der Waals surface area contributed by atoms with E-state index in [9.17, 15) is 4.79 Å². The van der Waals surface area contributed by atoms with Crippen molar-refractivity contribution in [2.75, 3.05) is 27.4 Å². The van der Waals surface area contributed by atoms with Crippen molar-refractivity contribution in [2.24, 2.45) is 0 Å². The topological polar surface area (TPSA) is 56.6 Å². The van der Waals surface area contributed by atoms with Gasteiger partial charge in [0.1, 0.15) is 5.69 Å². The van der Waals surface area contributed by atoms with Crippen LogP contribution in [-0.2, 0) is 9.47 Å². The Morgan fingerprint density at radius 3 is 2.80 bits per heavy atom. The van der Waals surface area contributed by atoms with Crippen molar-refractivity contribution in [2.45, 2.75) is 38.5 Å². The number of amides is 1. The maximum atomic E-state index is 12.6. The largest absolute Gasteiger partial charge is 0.383 e. The van der Waals surface area contributed by atoms with Crippen molar-refractivity contribution < 1.29 is 14.3 Å². The molecule has 6 nitrogen and oxygen atoms in total. The van der Waals surface area contributed by atoms with Gasteiger partial charge in [0.25, 0.3) is 5.91 Å². The van der Waals surface area contributed by atoms with Crippen molar-refractivity contribution >= 4 is 5.91 Å². The van der Waals surface area contributed by atoms with Crippen LogP contribution in [0.3, 0.4) is 0 Å². The smallest absolute Gasteiger partial charge is 0.274 e. The molecule has 0 spiro atoms. The number of likely N-dealkylation sites (tertiary alicyclic amines) is 1. The lowest BCUT2D eigenvalue weighted by atomic mass is 10.2. The number of imidazole rings is 1. The molecule has 1 aromatic heterocycles. The monoisotopic (exact) mass is 281 g/mol. The molecule has 0 N–H and O–H groups in total. The number of ether oxygens (including phenoxy) is 2. The lowest BCUT2D eigenvalue weighted by Gasteiger charge is -2.22. The minimum atomic E-state index is -0.0500. The van der Waals surface area contributed by atoms with Crippen LogP contribution in [0, 0.1) is 0 Å². The van der Waals surface area contributed by atoms with Crippen LogP contribution in [0.2, 0.25) is 0 Å². The van der Waals surface area contributed by atoms with Crippen molar-refractivity contribution in [3.63, 3.8) is 0 Å². The molecule has 20 heavy (non-hydrogen) atoms. The summed E-state index contributed by atoms with van der Waals surface area (Å²) < 4.78 is 12.5. The molecule has 1 saturated heterocycles. The highest BCUT2D eigenvalue weighted by Gasteiger charge is 2.36. The zero-order valence-corrected chi connectivity index (χ0v) is 12.6. The highest BCUT2D eigenvalue weighted by molar-refractivity contribution is 5.92. The van der Waals surface area contributed by atoms with Crippen LogP contribution in [0.25, 0.3) is 0 Å². The summed E-state index contributed by atoms with van der Waals surface area (Å²) >= 11 is 0. The summed E-state index contributed by atoms with van der Waals surface area (Å²) in [4.78, 5) is 18.6. The van der Waals surface area contributed by atoms with E-state index >= 15 is 0 Å². The van der Waals surface area contributed by atoms with Gasteiger partial charge < -0.3 is 18.9 Å². The highest BCUT2D eigenvalue weighted by Crippen LogP contribution is 2.22. The van der Waals surface area contributed by atoms with Gasteiger partial charge >= 0.3 is 0 Å². The van der Waals surface area contributed by atoms with E-state index in [1.54, 1.807) is 26.7 Å². The number of carbonyl (C=O) groups is 1. The van der Waals surface area contributed by atoms with E-state index in [0.717, 1.165) is 6.42 Å². The fraction of sp³-hybridized carbons (Fsp3) is 0.714. The predicted molar refractivity (Wildman–Crippen MR) is 74.7 cm³/mol. The molecular weight excluding hydrogens is 258 g/mol. The maximum Gasteiger partial charge on any atom is 0.274 e.